The first kappa shape index (κ1) is 14.7. The quantitative estimate of drug-likeness (QED) is 0.913. The van der Waals surface area contributed by atoms with Crippen LogP contribution in [0.25, 0.3) is 0 Å². The minimum absolute atomic E-state index is 0.585. The lowest BCUT2D eigenvalue weighted by Gasteiger charge is -2.35. The Morgan fingerprint density at radius 3 is 2.57 bits per heavy atom. The molecule has 0 bridgehead atoms. The van der Waals surface area contributed by atoms with Gasteiger partial charge in [0.2, 0.25) is 0 Å². The molecule has 4 heteroatoms. The highest BCUT2D eigenvalue weighted by Crippen LogP contribution is 2.48. The van der Waals surface area contributed by atoms with Gasteiger partial charge in [-0.1, -0.05) is 36.9 Å². The van der Waals surface area contributed by atoms with Gasteiger partial charge in [0.15, 0.2) is 0 Å². The van der Waals surface area contributed by atoms with Crippen LogP contribution in [0, 0.1) is 0 Å². The Morgan fingerprint density at radius 2 is 1.95 bits per heavy atom. The van der Waals surface area contributed by atoms with Gasteiger partial charge in [-0.3, -0.25) is 4.79 Å². The van der Waals surface area contributed by atoms with Crippen molar-refractivity contribution < 1.29 is 14.6 Å². The molecule has 1 fully saturated rings. The molecule has 3 nitrogen and oxygen atoms in total. The van der Waals surface area contributed by atoms with E-state index in [-0.39, 0.29) is 0 Å². The molecule has 0 aliphatic heterocycles. The third-order valence-corrected chi connectivity index (χ3v) is 5.52. The second kappa shape index (κ2) is 5.53. The van der Waals surface area contributed by atoms with Crippen LogP contribution in [0.2, 0.25) is 5.02 Å². The number of methoxy groups -OCH3 is 1. The van der Waals surface area contributed by atoms with Gasteiger partial charge in [-0.2, -0.15) is 0 Å². The molecule has 2 aliphatic carbocycles. The lowest BCUT2D eigenvalue weighted by molar-refractivity contribution is -0.145. The molecule has 0 heterocycles. The molecule has 1 saturated carbocycles. The molecule has 3 rings (SSSR count). The van der Waals surface area contributed by atoms with E-state index in [1.807, 2.05) is 0 Å². The summed E-state index contributed by atoms with van der Waals surface area (Å²) in [4.78, 5) is 12.1. The van der Waals surface area contributed by atoms with Crippen molar-refractivity contribution in [2.45, 2.75) is 56.8 Å². The Balaban J connectivity index is 2.20. The summed E-state index contributed by atoms with van der Waals surface area (Å²) in [5, 5.41) is 10.5. The monoisotopic (exact) mass is 308 g/mol. The zero-order chi connectivity index (χ0) is 15.0. The number of halogens is 1. The number of carboxylic acids is 1. The maximum absolute atomic E-state index is 12.1. The number of aryl methyl sites for hydroxylation is 1. The van der Waals surface area contributed by atoms with E-state index in [2.05, 4.69) is 6.07 Å². The largest absolute Gasteiger partial charge is 0.495 e. The normalized spacial score (nSPS) is 20.1. The minimum Gasteiger partial charge on any atom is -0.495 e. The molecule has 114 valence electrons. The second-order valence-electron chi connectivity index (χ2n) is 6.21. The molecular weight excluding hydrogens is 288 g/mol. The summed E-state index contributed by atoms with van der Waals surface area (Å²) in [7, 11) is 1.59. The first-order chi connectivity index (χ1) is 10.1. The van der Waals surface area contributed by atoms with E-state index in [9.17, 15) is 9.90 Å². The average Bonchev–Trinajstić information content (AvgIpc) is 2.96. The number of hydrogen-bond donors (Lipinski definition) is 1. The molecule has 0 amide bonds. The van der Waals surface area contributed by atoms with Crippen molar-refractivity contribution in [2.24, 2.45) is 0 Å². The predicted octanol–water partition coefficient (Wildman–Crippen LogP) is 4.12. The molecule has 0 spiro atoms. The lowest BCUT2D eigenvalue weighted by Crippen LogP contribution is -2.38. The summed E-state index contributed by atoms with van der Waals surface area (Å²) < 4.78 is 5.53. The summed E-state index contributed by atoms with van der Waals surface area (Å²) in [5.41, 5.74) is 2.32. The smallest absolute Gasteiger partial charge is 0.314 e. The highest BCUT2D eigenvalue weighted by atomic mass is 35.5. The van der Waals surface area contributed by atoms with E-state index in [0.717, 1.165) is 49.7 Å². The van der Waals surface area contributed by atoms with Crippen molar-refractivity contribution in [1.29, 1.82) is 0 Å². The number of rotatable bonds is 3. The highest BCUT2D eigenvalue weighted by Gasteiger charge is 2.44. The molecule has 0 unspecified atom stereocenters. The second-order valence-corrected chi connectivity index (χ2v) is 6.59. The topological polar surface area (TPSA) is 46.5 Å². The van der Waals surface area contributed by atoms with Crippen LogP contribution >= 0.6 is 11.6 Å². The highest BCUT2D eigenvalue weighted by molar-refractivity contribution is 6.33. The van der Waals surface area contributed by atoms with Crippen molar-refractivity contribution in [3.05, 3.63) is 27.8 Å². The Morgan fingerprint density at radius 1 is 1.24 bits per heavy atom. The Labute approximate surface area is 130 Å². The van der Waals surface area contributed by atoms with Gasteiger partial charge in [-0.05, 0) is 43.2 Å². The molecule has 1 aromatic carbocycles. The number of fused-ring (bicyclic) bond motifs is 1. The zero-order valence-electron chi connectivity index (χ0n) is 12.4. The fourth-order valence-electron chi connectivity index (χ4n) is 3.98. The molecule has 1 aromatic rings. The summed E-state index contributed by atoms with van der Waals surface area (Å²) >= 11 is 6.53. The molecule has 0 radical (unpaired) electrons. The first-order valence-electron chi connectivity index (χ1n) is 7.72. The van der Waals surface area contributed by atoms with Crippen molar-refractivity contribution >= 4 is 17.6 Å². The van der Waals surface area contributed by atoms with Crippen molar-refractivity contribution in [3.8, 4) is 5.75 Å². The Bertz CT molecular complexity index is 574. The van der Waals surface area contributed by atoms with E-state index in [0.29, 0.717) is 23.6 Å². The van der Waals surface area contributed by atoms with E-state index in [4.69, 9.17) is 16.3 Å². The Kier molecular flexibility index (Phi) is 3.87. The van der Waals surface area contributed by atoms with Crippen LogP contribution in [0.4, 0.5) is 0 Å². The first-order valence-corrected chi connectivity index (χ1v) is 8.10. The fraction of sp³-hybridized carbons (Fsp3) is 0.588. The van der Waals surface area contributed by atoms with Crippen molar-refractivity contribution in [2.75, 3.05) is 7.11 Å². The fourth-order valence-corrected chi connectivity index (χ4v) is 4.38. The lowest BCUT2D eigenvalue weighted by atomic mass is 9.68. The van der Waals surface area contributed by atoms with E-state index < -0.39 is 11.4 Å². The van der Waals surface area contributed by atoms with Gasteiger partial charge in [-0.25, -0.2) is 0 Å². The SMILES string of the molecule is COc1c(C2(C(=O)O)CCCCC2)cc2c(c1Cl)CCC2. The Hall–Kier alpha value is -1.22. The van der Waals surface area contributed by atoms with Crippen LogP contribution in [0.5, 0.6) is 5.75 Å². The summed E-state index contributed by atoms with van der Waals surface area (Å²) in [5.74, 6) is -0.156. The number of carbonyl (C=O) groups is 1. The van der Waals surface area contributed by atoms with Crippen LogP contribution in [0.3, 0.4) is 0 Å². The number of carboxylic acid groups (broad SMARTS) is 1. The standard InChI is InChI=1S/C17H21ClO3/c1-21-15-13(10-11-6-5-7-12(11)14(15)18)17(16(19)20)8-3-2-4-9-17/h10H,2-9H2,1H3,(H,19,20). The van der Waals surface area contributed by atoms with E-state index in [1.165, 1.54) is 5.56 Å². The van der Waals surface area contributed by atoms with E-state index >= 15 is 0 Å². The summed E-state index contributed by atoms with van der Waals surface area (Å²) in [6.07, 6.45) is 7.39. The molecule has 1 N–H and O–H groups in total. The molecule has 21 heavy (non-hydrogen) atoms. The van der Waals surface area contributed by atoms with Crippen molar-refractivity contribution in [3.63, 3.8) is 0 Å². The van der Waals surface area contributed by atoms with Gasteiger partial charge in [0.1, 0.15) is 5.75 Å². The average molecular weight is 309 g/mol. The number of hydrogen-bond acceptors (Lipinski definition) is 2. The number of benzene rings is 1. The van der Waals surface area contributed by atoms with Crippen LogP contribution in [-0.4, -0.2) is 18.2 Å². The molecule has 0 atom stereocenters. The third kappa shape index (κ3) is 2.22. The minimum atomic E-state index is -0.829. The molecular formula is C17H21ClO3. The van der Waals surface area contributed by atoms with Crippen LogP contribution in [-0.2, 0) is 23.1 Å². The number of ether oxygens (including phenoxy) is 1. The van der Waals surface area contributed by atoms with Gasteiger partial charge in [-0.15, -0.1) is 0 Å². The molecule has 0 saturated heterocycles. The van der Waals surface area contributed by atoms with E-state index in [1.54, 1.807) is 7.11 Å². The van der Waals surface area contributed by atoms with Gasteiger partial charge in [0, 0.05) is 5.56 Å². The van der Waals surface area contributed by atoms with Gasteiger partial charge < -0.3 is 9.84 Å². The zero-order valence-corrected chi connectivity index (χ0v) is 13.1. The predicted molar refractivity (Wildman–Crippen MR) is 82.4 cm³/mol. The summed E-state index contributed by atoms with van der Waals surface area (Å²) in [6, 6.07) is 2.06. The third-order valence-electron chi connectivity index (χ3n) is 5.12. The maximum Gasteiger partial charge on any atom is 0.314 e. The van der Waals surface area contributed by atoms with Crippen molar-refractivity contribution in [1.82, 2.24) is 0 Å². The van der Waals surface area contributed by atoms with Crippen LogP contribution in [0.15, 0.2) is 6.07 Å². The van der Waals surface area contributed by atoms with Gasteiger partial charge in [0.05, 0.1) is 17.5 Å². The van der Waals surface area contributed by atoms with Gasteiger partial charge >= 0.3 is 5.97 Å². The molecule has 2 aliphatic rings. The van der Waals surface area contributed by atoms with Crippen LogP contribution < -0.4 is 4.74 Å². The van der Waals surface area contributed by atoms with Crippen LogP contribution in [0.1, 0.15) is 55.2 Å². The summed E-state index contributed by atoms with van der Waals surface area (Å²) in [6.45, 7) is 0. The number of aliphatic carboxylic acids is 1. The van der Waals surface area contributed by atoms with Gasteiger partial charge in [0.25, 0.3) is 0 Å². The molecule has 0 aromatic heterocycles. The maximum atomic E-state index is 12.1.